The van der Waals surface area contributed by atoms with Crippen molar-refractivity contribution >= 4 is 28.9 Å². The Morgan fingerprint density at radius 2 is 2.19 bits per heavy atom. The normalized spacial score (nSPS) is 11.0. The quantitative estimate of drug-likeness (QED) is 0.854. The number of carbonyl (C=O) groups is 2. The minimum atomic E-state index is -0.429. The van der Waals surface area contributed by atoms with Crippen LogP contribution in [0, 0.1) is 0 Å². The van der Waals surface area contributed by atoms with Gasteiger partial charge >= 0.3 is 11.9 Å². The van der Waals surface area contributed by atoms with Crippen LogP contribution in [0.2, 0.25) is 0 Å². The van der Waals surface area contributed by atoms with Crippen LogP contribution in [-0.2, 0) is 14.3 Å². The fourth-order valence-corrected chi connectivity index (χ4v) is 1.96. The molecule has 6 heteroatoms. The van der Waals surface area contributed by atoms with Crippen LogP contribution in [-0.4, -0.2) is 35.9 Å². The summed E-state index contributed by atoms with van der Waals surface area (Å²) in [6, 6.07) is 3.54. The molecule has 1 N–H and O–H groups in total. The Balaban J connectivity index is 2.26. The molecule has 0 fully saturated rings. The SMILES string of the molecule is CCOC(=O)CC=Cc1cc(C(=O)OC)c2cn[nH]c2c1. The molecule has 0 aliphatic carbocycles. The molecule has 0 saturated carbocycles. The third kappa shape index (κ3) is 3.47. The van der Waals surface area contributed by atoms with Gasteiger partial charge in [0.25, 0.3) is 0 Å². The summed E-state index contributed by atoms with van der Waals surface area (Å²) in [5.74, 6) is -0.716. The van der Waals surface area contributed by atoms with Gasteiger partial charge in [-0.05, 0) is 24.6 Å². The zero-order valence-corrected chi connectivity index (χ0v) is 11.9. The van der Waals surface area contributed by atoms with Crippen LogP contribution < -0.4 is 0 Å². The van der Waals surface area contributed by atoms with Gasteiger partial charge in [-0.15, -0.1) is 0 Å². The fraction of sp³-hybridized carbons (Fsp3) is 0.267. The lowest BCUT2D eigenvalue weighted by Crippen LogP contribution is -2.02. The number of fused-ring (bicyclic) bond motifs is 1. The second-order valence-corrected chi connectivity index (χ2v) is 4.30. The molecule has 0 aliphatic heterocycles. The lowest BCUT2D eigenvalue weighted by molar-refractivity contribution is -0.142. The zero-order chi connectivity index (χ0) is 15.2. The summed E-state index contributed by atoms with van der Waals surface area (Å²) in [4.78, 5) is 23.0. The Hall–Kier alpha value is -2.63. The van der Waals surface area contributed by atoms with E-state index in [0.29, 0.717) is 17.6 Å². The molecule has 21 heavy (non-hydrogen) atoms. The molecular weight excluding hydrogens is 272 g/mol. The van der Waals surface area contributed by atoms with Crippen molar-refractivity contribution in [1.29, 1.82) is 0 Å². The molecular formula is C15H16N2O4. The number of ether oxygens (including phenoxy) is 2. The number of nitrogens with one attached hydrogen (secondary N) is 1. The number of benzene rings is 1. The highest BCUT2D eigenvalue weighted by atomic mass is 16.5. The maximum atomic E-state index is 11.8. The van der Waals surface area contributed by atoms with Gasteiger partial charge in [0.15, 0.2) is 0 Å². The summed E-state index contributed by atoms with van der Waals surface area (Å²) in [6.07, 6.45) is 5.20. The summed E-state index contributed by atoms with van der Waals surface area (Å²) in [7, 11) is 1.33. The predicted molar refractivity (Wildman–Crippen MR) is 77.7 cm³/mol. The lowest BCUT2D eigenvalue weighted by Gasteiger charge is -2.03. The molecule has 1 aromatic heterocycles. The van der Waals surface area contributed by atoms with Crippen molar-refractivity contribution in [3.63, 3.8) is 0 Å². The van der Waals surface area contributed by atoms with Gasteiger partial charge in [0.1, 0.15) is 0 Å². The fourth-order valence-electron chi connectivity index (χ4n) is 1.96. The molecule has 0 aliphatic rings. The van der Waals surface area contributed by atoms with Crippen LogP contribution in [0.3, 0.4) is 0 Å². The largest absolute Gasteiger partial charge is 0.466 e. The molecule has 110 valence electrons. The number of hydrogen-bond donors (Lipinski definition) is 1. The molecule has 0 bridgehead atoms. The van der Waals surface area contributed by atoms with Gasteiger partial charge in [-0.25, -0.2) is 4.79 Å². The van der Waals surface area contributed by atoms with E-state index >= 15 is 0 Å². The smallest absolute Gasteiger partial charge is 0.338 e. The standard InChI is InChI=1S/C15H16N2O4/c1-3-21-14(18)6-4-5-10-7-11(15(19)20-2)12-9-16-17-13(12)8-10/h4-5,7-9H,3,6H2,1-2H3,(H,16,17). The van der Waals surface area contributed by atoms with Gasteiger partial charge in [-0.1, -0.05) is 12.2 Å². The monoisotopic (exact) mass is 288 g/mol. The van der Waals surface area contributed by atoms with Crippen LogP contribution in [0.1, 0.15) is 29.3 Å². The minimum absolute atomic E-state index is 0.183. The van der Waals surface area contributed by atoms with Crippen molar-refractivity contribution in [3.8, 4) is 0 Å². The van der Waals surface area contributed by atoms with E-state index in [1.165, 1.54) is 7.11 Å². The molecule has 6 nitrogen and oxygen atoms in total. The van der Waals surface area contributed by atoms with Gasteiger partial charge < -0.3 is 9.47 Å². The number of rotatable bonds is 5. The molecule has 2 aromatic rings. The van der Waals surface area contributed by atoms with Crippen molar-refractivity contribution in [2.45, 2.75) is 13.3 Å². The average molecular weight is 288 g/mol. The van der Waals surface area contributed by atoms with Crippen LogP contribution >= 0.6 is 0 Å². The average Bonchev–Trinajstić information content (AvgIpc) is 2.94. The van der Waals surface area contributed by atoms with Gasteiger partial charge in [0.2, 0.25) is 0 Å². The first-order valence-corrected chi connectivity index (χ1v) is 6.53. The van der Waals surface area contributed by atoms with Crippen molar-refractivity contribution in [2.75, 3.05) is 13.7 Å². The van der Waals surface area contributed by atoms with E-state index < -0.39 is 5.97 Å². The van der Waals surface area contributed by atoms with Gasteiger partial charge in [0, 0.05) is 5.39 Å². The third-order valence-electron chi connectivity index (χ3n) is 2.89. The van der Waals surface area contributed by atoms with Crippen molar-refractivity contribution in [1.82, 2.24) is 10.2 Å². The molecule has 1 heterocycles. The van der Waals surface area contributed by atoms with Crippen LogP contribution in [0.15, 0.2) is 24.4 Å². The molecule has 2 rings (SSSR count). The maximum Gasteiger partial charge on any atom is 0.338 e. The number of carbonyl (C=O) groups excluding carboxylic acids is 2. The number of methoxy groups -OCH3 is 1. The summed E-state index contributed by atoms with van der Waals surface area (Å²) in [5, 5.41) is 7.44. The summed E-state index contributed by atoms with van der Waals surface area (Å²) < 4.78 is 9.60. The number of hydrogen-bond acceptors (Lipinski definition) is 5. The van der Waals surface area contributed by atoms with Crippen LogP contribution in [0.25, 0.3) is 17.0 Å². The van der Waals surface area contributed by atoms with Crippen molar-refractivity contribution in [3.05, 3.63) is 35.5 Å². The molecule has 0 spiro atoms. The first kappa shape index (κ1) is 14.8. The summed E-state index contributed by atoms with van der Waals surface area (Å²) in [5.41, 5.74) is 1.93. The van der Waals surface area contributed by atoms with Gasteiger partial charge in [0.05, 0.1) is 37.4 Å². The predicted octanol–water partition coefficient (Wildman–Crippen LogP) is 2.32. The molecule has 0 unspecified atom stereocenters. The second kappa shape index (κ2) is 6.69. The van der Waals surface area contributed by atoms with Gasteiger partial charge in [-0.3, -0.25) is 9.89 Å². The van der Waals surface area contributed by atoms with E-state index in [4.69, 9.17) is 9.47 Å². The maximum absolute atomic E-state index is 11.8. The van der Waals surface area contributed by atoms with E-state index in [9.17, 15) is 9.59 Å². The highest BCUT2D eigenvalue weighted by Crippen LogP contribution is 2.21. The third-order valence-corrected chi connectivity index (χ3v) is 2.89. The Labute approximate surface area is 121 Å². The molecule has 1 aromatic carbocycles. The van der Waals surface area contributed by atoms with Crippen LogP contribution in [0.4, 0.5) is 0 Å². The van der Waals surface area contributed by atoms with Gasteiger partial charge in [-0.2, -0.15) is 5.10 Å². The second-order valence-electron chi connectivity index (χ2n) is 4.30. The summed E-state index contributed by atoms with van der Waals surface area (Å²) in [6.45, 7) is 2.12. The minimum Gasteiger partial charge on any atom is -0.466 e. The topological polar surface area (TPSA) is 81.3 Å². The molecule has 0 saturated heterocycles. The van der Waals surface area contributed by atoms with Crippen molar-refractivity contribution < 1.29 is 19.1 Å². The summed E-state index contributed by atoms with van der Waals surface area (Å²) >= 11 is 0. The number of nitrogens with zero attached hydrogens (tertiary/aromatic N) is 1. The first-order valence-electron chi connectivity index (χ1n) is 6.53. The van der Waals surface area contributed by atoms with Crippen LogP contribution in [0.5, 0.6) is 0 Å². The lowest BCUT2D eigenvalue weighted by atomic mass is 10.1. The molecule has 0 atom stereocenters. The Kier molecular flexibility index (Phi) is 4.71. The number of H-pyrrole nitrogens is 1. The first-order chi connectivity index (χ1) is 10.2. The Bertz CT molecular complexity index is 688. The molecule has 0 amide bonds. The van der Waals surface area contributed by atoms with E-state index in [1.54, 1.807) is 31.3 Å². The Morgan fingerprint density at radius 3 is 2.90 bits per heavy atom. The highest BCUT2D eigenvalue weighted by Gasteiger charge is 2.12. The number of aromatic amines is 1. The van der Waals surface area contributed by atoms with E-state index in [1.807, 2.05) is 6.07 Å². The number of aromatic nitrogens is 2. The van der Waals surface area contributed by atoms with Crippen molar-refractivity contribution in [2.24, 2.45) is 0 Å². The highest BCUT2D eigenvalue weighted by molar-refractivity contribution is 6.04. The van der Waals surface area contributed by atoms with E-state index in [2.05, 4.69) is 10.2 Å². The zero-order valence-electron chi connectivity index (χ0n) is 11.9. The van der Waals surface area contributed by atoms with E-state index in [-0.39, 0.29) is 12.4 Å². The number of esters is 2. The Morgan fingerprint density at radius 1 is 1.38 bits per heavy atom. The van der Waals surface area contributed by atoms with E-state index in [0.717, 1.165) is 11.1 Å². The molecule has 0 radical (unpaired) electrons.